The molecule has 0 saturated carbocycles. The van der Waals surface area contributed by atoms with E-state index in [0.717, 1.165) is 35.7 Å². The van der Waals surface area contributed by atoms with Crippen LogP contribution >= 0.6 is 11.3 Å². The van der Waals surface area contributed by atoms with E-state index in [1.165, 1.54) is 0 Å². The van der Waals surface area contributed by atoms with Gasteiger partial charge in [0.15, 0.2) is 0 Å². The summed E-state index contributed by atoms with van der Waals surface area (Å²) < 4.78 is 1.79. The molecule has 0 aromatic carbocycles. The van der Waals surface area contributed by atoms with E-state index >= 15 is 0 Å². The lowest BCUT2D eigenvalue weighted by Gasteiger charge is -1.95. The molecule has 0 aliphatic heterocycles. The van der Waals surface area contributed by atoms with E-state index in [1.54, 1.807) is 16.0 Å². The first kappa shape index (κ1) is 12.2. The average molecular weight is 252 g/mol. The lowest BCUT2D eigenvalue weighted by atomic mass is 10.3. The number of nitrogens with zero attached hydrogens (tertiary/aromatic N) is 4. The maximum atomic E-state index is 8.74. The highest BCUT2D eigenvalue weighted by Gasteiger charge is 2.04. The Hall–Kier alpha value is -1.27. The smallest absolute Gasteiger partial charge is 0.0926 e. The molecule has 0 spiro atoms. The van der Waals surface area contributed by atoms with Gasteiger partial charge in [-0.05, 0) is 19.3 Å². The van der Waals surface area contributed by atoms with Gasteiger partial charge in [0.2, 0.25) is 0 Å². The van der Waals surface area contributed by atoms with Crippen LogP contribution < -0.4 is 0 Å². The third kappa shape index (κ3) is 3.34. The summed E-state index contributed by atoms with van der Waals surface area (Å²) in [7, 11) is 0. The molecule has 2 aromatic heterocycles. The van der Waals surface area contributed by atoms with Crippen molar-refractivity contribution in [2.75, 3.05) is 6.61 Å². The first-order chi connectivity index (χ1) is 8.31. The van der Waals surface area contributed by atoms with Gasteiger partial charge in [-0.25, -0.2) is 9.67 Å². The summed E-state index contributed by atoms with van der Waals surface area (Å²) in [6.07, 6.45) is 4.40. The predicted octanol–water partition coefficient (Wildman–Crippen LogP) is 1.27. The molecule has 1 N–H and O–H groups in total. The second-order valence-electron chi connectivity index (χ2n) is 3.82. The van der Waals surface area contributed by atoms with E-state index in [0.29, 0.717) is 6.54 Å². The van der Waals surface area contributed by atoms with Gasteiger partial charge in [0, 0.05) is 18.2 Å². The fraction of sp³-hybridized carbons (Fsp3) is 0.545. The van der Waals surface area contributed by atoms with E-state index < -0.39 is 0 Å². The van der Waals surface area contributed by atoms with Gasteiger partial charge < -0.3 is 5.11 Å². The Kier molecular flexibility index (Phi) is 4.22. The van der Waals surface area contributed by atoms with Crippen LogP contribution in [-0.4, -0.2) is 31.7 Å². The van der Waals surface area contributed by atoms with Crippen LogP contribution in [0.5, 0.6) is 0 Å². The molecule has 0 aliphatic rings. The lowest BCUT2D eigenvalue weighted by molar-refractivity contribution is 0.288. The van der Waals surface area contributed by atoms with Gasteiger partial charge in [-0.2, -0.15) is 0 Å². The van der Waals surface area contributed by atoms with Crippen LogP contribution in [-0.2, 0) is 19.4 Å². The summed E-state index contributed by atoms with van der Waals surface area (Å²) in [4.78, 5) is 4.49. The lowest BCUT2D eigenvalue weighted by Crippen LogP contribution is -2.00. The summed E-state index contributed by atoms with van der Waals surface area (Å²) in [6, 6.07) is 0. The van der Waals surface area contributed by atoms with Gasteiger partial charge in [0.05, 0.1) is 22.9 Å². The molecule has 2 rings (SSSR count). The molecule has 17 heavy (non-hydrogen) atoms. The summed E-state index contributed by atoms with van der Waals surface area (Å²) in [5, 5.41) is 20.1. The molecule has 2 aromatic rings. The highest BCUT2D eigenvalue weighted by Crippen LogP contribution is 2.11. The van der Waals surface area contributed by atoms with Crippen molar-refractivity contribution in [3.63, 3.8) is 0 Å². The van der Waals surface area contributed by atoms with Crippen LogP contribution in [0.25, 0.3) is 0 Å². The minimum Gasteiger partial charge on any atom is -0.396 e. The van der Waals surface area contributed by atoms with Crippen molar-refractivity contribution in [2.24, 2.45) is 0 Å². The Morgan fingerprint density at radius 1 is 1.41 bits per heavy atom. The van der Waals surface area contributed by atoms with Gasteiger partial charge >= 0.3 is 0 Å². The summed E-state index contributed by atoms with van der Waals surface area (Å²) in [5.41, 5.74) is 1.95. The number of aryl methyl sites for hydroxylation is 2. The molecular formula is C11H16N4OS. The normalized spacial score (nSPS) is 10.9. The third-order valence-electron chi connectivity index (χ3n) is 2.40. The SMILES string of the molecule is CCc1nc(Cn2cc(CCCO)nn2)cs1. The van der Waals surface area contributed by atoms with Crippen molar-refractivity contribution >= 4 is 11.3 Å². The van der Waals surface area contributed by atoms with Gasteiger partial charge in [0.1, 0.15) is 0 Å². The van der Waals surface area contributed by atoms with E-state index in [1.807, 2.05) is 6.20 Å². The van der Waals surface area contributed by atoms with Gasteiger partial charge in [-0.15, -0.1) is 16.4 Å². The molecular weight excluding hydrogens is 236 g/mol. The zero-order chi connectivity index (χ0) is 12.1. The Labute approximate surface area is 104 Å². The fourth-order valence-corrected chi connectivity index (χ4v) is 2.28. The fourth-order valence-electron chi connectivity index (χ4n) is 1.54. The Balaban J connectivity index is 1.96. The summed E-state index contributed by atoms with van der Waals surface area (Å²) in [6.45, 7) is 2.96. The van der Waals surface area contributed by atoms with Crippen LogP contribution in [0.2, 0.25) is 0 Å². The number of aliphatic hydroxyl groups excluding tert-OH is 1. The zero-order valence-electron chi connectivity index (χ0n) is 9.83. The zero-order valence-corrected chi connectivity index (χ0v) is 10.7. The molecule has 5 nitrogen and oxygen atoms in total. The molecule has 0 fully saturated rings. The van der Waals surface area contributed by atoms with Crippen molar-refractivity contribution in [3.8, 4) is 0 Å². The van der Waals surface area contributed by atoms with Crippen molar-refractivity contribution in [2.45, 2.75) is 32.7 Å². The monoisotopic (exact) mass is 252 g/mol. The number of thiazole rings is 1. The maximum Gasteiger partial charge on any atom is 0.0926 e. The third-order valence-corrected chi connectivity index (χ3v) is 3.44. The van der Waals surface area contributed by atoms with Crippen LogP contribution in [0.15, 0.2) is 11.6 Å². The number of aromatic nitrogens is 4. The Bertz CT molecular complexity index is 465. The Morgan fingerprint density at radius 2 is 2.29 bits per heavy atom. The molecule has 0 atom stereocenters. The second kappa shape index (κ2) is 5.88. The topological polar surface area (TPSA) is 63.8 Å². The largest absolute Gasteiger partial charge is 0.396 e. The minimum absolute atomic E-state index is 0.193. The average Bonchev–Trinajstić information content (AvgIpc) is 2.96. The Morgan fingerprint density at radius 3 is 3.00 bits per heavy atom. The maximum absolute atomic E-state index is 8.74. The van der Waals surface area contributed by atoms with Crippen molar-refractivity contribution in [3.05, 3.63) is 28.0 Å². The quantitative estimate of drug-likeness (QED) is 0.841. The predicted molar refractivity (Wildman–Crippen MR) is 66.0 cm³/mol. The molecule has 2 heterocycles. The number of hydrogen-bond acceptors (Lipinski definition) is 5. The van der Waals surface area contributed by atoms with Crippen LogP contribution in [0.4, 0.5) is 0 Å². The molecule has 0 saturated heterocycles. The van der Waals surface area contributed by atoms with Crippen LogP contribution in [0.3, 0.4) is 0 Å². The molecule has 0 aliphatic carbocycles. The number of aliphatic hydroxyl groups is 1. The van der Waals surface area contributed by atoms with E-state index in [-0.39, 0.29) is 6.61 Å². The summed E-state index contributed by atoms with van der Waals surface area (Å²) >= 11 is 1.68. The number of hydrogen-bond donors (Lipinski definition) is 1. The second-order valence-corrected chi connectivity index (χ2v) is 4.76. The summed E-state index contributed by atoms with van der Waals surface area (Å²) in [5.74, 6) is 0. The van der Waals surface area contributed by atoms with E-state index in [2.05, 4.69) is 27.6 Å². The molecule has 6 heteroatoms. The van der Waals surface area contributed by atoms with Crippen LogP contribution in [0, 0.1) is 0 Å². The molecule has 0 amide bonds. The van der Waals surface area contributed by atoms with Crippen molar-refractivity contribution in [1.29, 1.82) is 0 Å². The highest BCUT2D eigenvalue weighted by molar-refractivity contribution is 7.09. The molecule has 92 valence electrons. The molecule has 0 bridgehead atoms. The van der Waals surface area contributed by atoms with Crippen molar-refractivity contribution in [1.82, 2.24) is 20.0 Å². The highest BCUT2D eigenvalue weighted by atomic mass is 32.1. The first-order valence-corrected chi connectivity index (χ1v) is 6.63. The van der Waals surface area contributed by atoms with Gasteiger partial charge in [0.25, 0.3) is 0 Å². The number of rotatable bonds is 6. The van der Waals surface area contributed by atoms with E-state index in [4.69, 9.17) is 5.11 Å². The van der Waals surface area contributed by atoms with Crippen LogP contribution in [0.1, 0.15) is 29.7 Å². The van der Waals surface area contributed by atoms with Gasteiger partial charge in [-0.3, -0.25) is 0 Å². The van der Waals surface area contributed by atoms with Gasteiger partial charge in [-0.1, -0.05) is 12.1 Å². The molecule has 0 unspecified atom stereocenters. The minimum atomic E-state index is 0.193. The van der Waals surface area contributed by atoms with E-state index in [9.17, 15) is 0 Å². The molecule has 0 radical (unpaired) electrons. The van der Waals surface area contributed by atoms with Crippen molar-refractivity contribution < 1.29 is 5.11 Å². The standard InChI is InChI=1S/C11H16N4OS/c1-2-11-12-10(8-17-11)7-15-6-9(13-14-15)4-3-5-16/h6,8,16H,2-5,7H2,1H3. The first-order valence-electron chi connectivity index (χ1n) is 5.75.